The van der Waals surface area contributed by atoms with Crippen LogP contribution in [0.4, 0.5) is 0 Å². The molecule has 0 aromatic heterocycles. The minimum atomic E-state index is -3.54. The second-order valence-electron chi connectivity index (χ2n) is 5.51. The van der Waals surface area contributed by atoms with E-state index >= 15 is 0 Å². The van der Waals surface area contributed by atoms with Crippen molar-refractivity contribution in [3.8, 4) is 11.5 Å². The van der Waals surface area contributed by atoms with Crippen LogP contribution in [0, 0.1) is 5.92 Å². The van der Waals surface area contributed by atoms with Gasteiger partial charge in [-0.15, -0.1) is 0 Å². The summed E-state index contributed by atoms with van der Waals surface area (Å²) in [6, 6.07) is 4.65. The second-order valence-corrected chi connectivity index (χ2v) is 7.22. The third kappa shape index (κ3) is 3.68. The Morgan fingerprint density at radius 3 is 2.38 bits per heavy atom. The molecule has 1 aromatic carbocycles. The van der Waals surface area contributed by atoms with Crippen LogP contribution in [0.2, 0.25) is 0 Å². The Morgan fingerprint density at radius 1 is 1.10 bits per heavy atom. The summed E-state index contributed by atoms with van der Waals surface area (Å²) in [5.74, 6) is 1.30. The van der Waals surface area contributed by atoms with Crippen LogP contribution in [0.25, 0.3) is 0 Å². The van der Waals surface area contributed by atoms with E-state index in [2.05, 4.69) is 11.6 Å². The number of methoxy groups -OCH3 is 2. The van der Waals surface area contributed by atoms with Crippen LogP contribution in [0.3, 0.4) is 0 Å². The van der Waals surface area contributed by atoms with E-state index < -0.39 is 10.0 Å². The van der Waals surface area contributed by atoms with Gasteiger partial charge in [-0.25, -0.2) is 13.1 Å². The van der Waals surface area contributed by atoms with Crippen LogP contribution in [0.1, 0.15) is 32.6 Å². The van der Waals surface area contributed by atoms with Gasteiger partial charge in [-0.1, -0.05) is 19.8 Å². The van der Waals surface area contributed by atoms with Crippen molar-refractivity contribution in [1.82, 2.24) is 4.72 Å². The first-order valence-corrected chi connectivity index (χ1v) is 8.70. The van der Waals surface area contributed by atoms with Gasteiger partial charge >= 0.3 is 0 Å². The zero-order valence-electron chi connectivity index (χ0n) is 12.8. The fourth-order valence-electron chi connectivity index (χ4n) is 2.74. The first-order chi connectivity index (χ1) is 9.97. The molecule has 118 valence electrons. The molecule has 1 aliphatic carbocycles. The Kier molecular flexibility index (Phi) is 5.11. The monoisotopic (exact) mass is 313 g/mol. The lowest BCUT2D eigenvalue weighted by atomic mass is 9.87. The summed E-state index contributed by atoms with van der Waals surface area (Å²) in [6.45, 7) is 2.10. The Balaban J connectivity index is 2.22. The molecule has 0 spiro atoms. The SMILES string of the molecule is COc1ccc(S(=O)(=O)N[C@H]2CCCC[C@H]2C)cc1OC. The van der Waals surface area contributed by atoms with Crippen molar-refractivity contribution in [2.45, 2.75) is 43.5 Å². The lowest BCUT2D eigenvalue weighted by Gasteiger charge is -2.29. The maximum Gasteiger partial charge on any atom is 0.240 e. The lowest BCUT2D eigenvalue weighted by Crippen LogP contribution is -2.40. The smallest absolute Gasteiger partial charge is 0.240 e. The number of hydrogen-bond acceptors (Lipinski definition) is 4. The maximum atomic E-state index is 12.5. The predicted octanol–water partition coefficient (Wildman–Crippen LogP) is 2.56. The molecule has 0 aliphatic heterocycles. The van der Waals surface area contributed by atoms with E-state index in [1.807, 2.05) is 0 Å². The minimum absolute atomic E-state index is 0.0110. The van der Waals surface area contributed by atoms with Gasteiger partial charge in [0.1, 0.15) is 0 Å². The number of nitrogens with one attached hydrogen (secondary N) is 1. The largest absolute Gasteiger partial charge is 0.493 e. The standard InChI is InChI=1S/C15H23NO4S/c1-11-6-4-5-7-13(11)16-21(17,18)12-8-9-14(19-2)15(10-12)20-3/h8-11,13,16H,4-7H2,1-3H3/t11-,13+/m1/s1. The highest BCUT2D eigenvalue weighted by molar-refractivity contribution is 7.89. The van der Waals surface area contributed by atoms with Gasteiger partial charge in [-0.2, -0.15) is 0 Å². The molecule has 1 fully saturated rings. The zero-order valence-corrected chi connectivity index (χ0v) is 13.6. The summed E-state index contributed by atoms with van der Waals surface area (Å²) in [7, 11) is -0.523. The minimum Gasteiger partial charge on any atom is -0.493 e. The average Bonchev–Trinajstić information content (AvgIpc) is 2.48. The molecule has 1 saturated carbocycles. The maximum absolute atomic E-state index is 12.5. The molecule has 0 heterocycles. The quantitative estimate of drug-likeness (QED) is 0.907. The van der Waals surface area contributed by atoms with Crippen LogP contribution in [-0.2, 0) is 10.0 Å². The number of rotatable bonds is 5. The fourth-order valence-corrected chi connectivity index (χ4v) is 4.14. The van der Waals surface area contributed by atoms with Gasteiger partial charge in [0.05, 0.1) is 19.1 Å². The van der Waals surface area contributed by atoms with Crippen molar-refractivity contribution < 1.29 is 17.9 Å². The van der Waals surface area contributed by atoms with Crippen LogP contribution < -0.4 is 14.2 Å². The number of benzene rings is 1. The molecule has 6 heteroatoms. The molecule has 1 aliphatic rings. The molecule has 0 radical (unpaired) electrons. The molecule has 21 heavy (non-hydrogen) atoms. The molecule has 1 N–H and O–H groups in total. The molecule has 2 rings (SSSR count). The second kappa shape index (κ2) is 6.66. The summed E-state index contributed by atoms with van der Waals surface area (Å²) < 4.78 is 38.1. The molecule has 0 amide bonds. The van der Waals surface area contributed by atoms with Crippen molar-refractivity contribution in [2.75, 3.05) is 14.2 Å². The van der Waals surface area contributed by atoms with Crippen LogP contribution in [-0.4, -0.2) is 28.7 Å². The van der Waals surface area contributed by atoms with E-state index in [1.54, 1.807) is 6.07 Å². The summed E-state index contributed by atoms with van der Waals surface area (Å²) in [5, 5.41) is 0. The topological polar surface area (TPSA) is 64.6 Å². The van der Waals surface area contributed by atoms with Gasteiger partial charge in [-0.3, -0.25) is 0 Å². The van der Waals surface area contributed by atoms with Crippen LogP contribution in [0.5, 0.6) is 11.5 Å². The van der Waals surface area contributed by atoms with Gasteiger partial charge in [-0.05, 0) is 30.9 Å². The van der Waals surface area contributed by atoms with E-state index in [1.165, 1.54) is 32.8 Å². The summed E-state index contributed by atoms with van der Waals surface area (Å²) in [4.78, 5) is 0.206. The third-order valence-electron chi connectivity index (χ3n) is 4.08. The number of hydrogen-bond donors (Lipinski definition) is 1. The van der Waals surface area contributed by atoms with Crippen molar-refractivity contribution in [1.29, 1.82) is 0 Å². The van der Waals surface area contributed by atoms with Gasteiger partial charge in [0.25, 0.3) is 0 Å². The molecular formula is C15H23NO4S. The van der Waals surface area contributed by atoms with E-state index in [9.17, 15) is 8.42 Å². The molecule has 1 aromatic rings. The van der Waals surface area contributed by atoms with E-state index in [0.717, 1.165) is 19.3 Å². The van der Waals surface area contributed by atoms with Crippen LogP contribution in [0.15, 0.2) is 23.1 Å². The van der Waals surface area contributed by atoms with E-state index in [4.69, 9.17) is 9.47 Å². The Morgan fingerprint density at radius 2 is 1.76 bits per heavy atom. The van der Waals surface area contributed by atoms with Crippen molar-refractivity contribution >= 4 is 10.0 Å². The summed E-state index contributed by atoms with van der Waals surface area (Å²) >= 11 is 0. The molecule has 2 atom stereocenters. The molecular weight excluding hydrogens is 290 g/mol. The molecule has 0 saturated heterocycles. The Hall–Kier alpha value is -1.27. The summed E-state index contributed by atoms with van der Waals surface area (Å²) in [6.07, 6.45) is 4.21. The highest BCUT2D eigenvalue weighted by atomic mass is 32.2. The molecule has 0 bridgehead atoms. The summed E-state index contributed by atoms with van der Waals surface area (Å²) in [5.41, 5.74) is 0. The number of ether oxygens (including phenoxy) is 2. The van der Waals surface area contributed by atoms with Gasteiger partial charge < -0.3 is 9.47 Å². The number of sulfonamides is 1. The fraction of sp³-hybridized carbons (Fsp3) is 0.600. The first kappa shape index (κ1) is 16.1. The highest BCUT2D eigenvalue weighted by Gasteiger charge is 2.27. The van der Waals surface area contributed by atoms with Crippen molar-refractivity contribution in [3.05, 3.63) is 18.2 Å². The van der Waals surface area contributed by atoms with Gasteiger partial charge in [0, 0.05) is 12.1 Å². The van der Waals surface area contributed by atoms with Gasteiger partial charge in [0.2, 0.25) is 10.0 Å². The molecule has 5 nitrogen and oxygen atoms in total. The van der Waals surface area contributed by atoms with Crippen molar-refractivity contribution in [2.24, 2.45) is 5.92 Å². The highest BCUT2D eigenvalue weighted by Crippen LogP contribution is 2.30. The average molecular weight is 313 g/mol. The Labute approximate surface area is 126 Å². The first-order valence-electron chi connectivity index (χ1n) is 7.22. The van der Waals surface area contributed by atoms with Gasteiger partial charge in [0.15, 0.2) is 11.5 Å². The Bertz CT molecular complexity index is 585. The molecule has 0 unspecified atom stereocenters. The van der Waals surface area contributed by atoms with E-state index in [0.29, 0.717) is 17.4 Å². The lowest BCUT2D eigenvalue weighted by molar-refractivity contribution is 0.310. The van der Waals surface area contributed by atoms with Crippen LogP contribution >= 0.6 is 0 Å². The van der Waals surface area contributed by atoms with E-state index in [-0.39, 0.29) is 10.9 Å². The normalized spacial score (nSPS) is 22.8. The predicted molar refractivity (Wildman–Crippen MR) is 81.3 cm³/mol. The van der Waals surface area contributed by atoms with Crippen molar-refractivity contribution in [3.63, 3.8) is 0 Å². The third-order valence-corrected chi connectivity index (χ3v) is 5.57. The zero-order chi connectivity index (χ0) is 15.5.